The van der Waals surface area contributed by atoms with Gasteiger partial charge in [-0.25, -0.2) is 10.2 Å². The lowest BCUT2D eigenvalue weighted by Crippen LogP contribution is -2.40. The topological polar surface area (TPSA) is 100 Å². The van der Waals surface area contributed by atoms with E-state index in [1.807, 2.05) is 0 Å². The highest BCUT2D eigenvalue weighted by Crippen LogP contribution is 2.21. The van der Waals surface area contributed by atoms with Crippen LogP contribution in [0, 0.1) is 0 Å². The van der Waals surface area contributed by atoms with Gasteiger partial charge in [-0.1, -0.05) is 12.1 Å². The quantitative estimate of drug-likeness (QED) is 0.427. The molecule has 146 valence electrons. The predicted molar refractivity (Wildman–Crippen MR) is 92.4 cm³/mol. The lowest BCUT2D eigenvalue weighted by Gasteiger charge is -2.15. The Morgan fingerprint density at radius 1 is 1.33 bits per heavy atom. The van der Waals surface area contributed by atoms with Gasteiger partial charge < -0.3 is 10.1 Å². The van der Waals surface area contributed by atoms with Gasteiger partial charge in [0, 0.05) is 18.5 Å². The van der Waals surface area contributed by atoms with E-state index in [2.05, 4.69) is 20.6 Å². The minimum absolute atomic E-state index is 0.0652. The molecule has 0 aromatic heterocycles. The average molecular weight is 382 g/mol. The van der Waals surface area contributed by atoms with Crippen molar-refractivity contribution in [2.24, 2.45) is 5.10 Å². The molecular formula is C17H20F2N4O4. The van der Waals surface area contributed by atoms with E-state index in [4.69, 9.17) is 0 Å². The van der Waals surface area contributed by atoms with Crippen molar-refractivity contribution in [2.45, 2.75) is 39.3 Å². The van der Waals surface area contributed by atoms with Crippen LogP contribution in [0.3, 0.4) is 0 Å². The van der Waals surface area contributed by atoms with E-state index < -0.39 is 30.0 Å². The number of amides is 4. The number of benzene rings is 1. The molecule has 0 unspecified atom stereocenters. The largest absolute Gasteiger partial charge is 0.434 e. The monoisotopic (exact) mass is 382 g/mol. The van der Waals surface area contributed by atoms with E-state index in [0.29, 0.717) is 5.56 Å². The zero-order chi connectivity index (χ0) is 20.2. The summed E-state index contributed by atoms with van der Waals surface area (Å²) in [6.45, 7) is 1.58. The highest BCUT2D eigenvalue weighted by molar-refractivity contribution is 6.06. The second-order valence-electron chi connectivity index (χ2n) is 6.37. The van der Waals surface area contributed by atoms with Gasteiger partial charge in [-0.3, -0.25) is 14.5 Å². The Hall–Kier alpha value is -3.04. The standard InChI is InChI=1S/C17H20F2N4O4/c1-10(11-6-4-5-7-12(11)27-15(18)19)21-22-13(24)8-9-23-14(25)17(2,3)20-16(23)26/h4-7,15H,8-9H2,1-3H3,(H,20,26)(H,22,24)/b21-10-. The molecule has 8 nitrogen and oxygen atoms in total. The molecule has 0 bridgehead atoms. The van der Waals surface area contributed by atoms with Gasteiger partial charge in [0.15, 0.2) is 0 Å². The smallest absolute Gasteiger partial charge is 0.387 e. The molecular weight excluding hydrogens is 362 g/mol. The lowest BCUT2D eigenvalue weighted by atomic mass is 10.1. The molecule has 0 aliphatic carbocycles. The number of rotatable bonds is 7. The SMILES string of the molecule is C/C(=N/NC(=O)CCN1C(=O)NC(C)(C)C1=O)c1ccccc1OC(F)F. The van der Waals surface area contributed by atoms with Crippen LogP contribution in [0.1, 0.15) is 32.8 Å². The number of alkyl halides is 2. The van der Waals surface area contributed by atoms with Gasteiger partial charge in [0.2, 0.25) is 5.91 Å². The van der Waals surface area contributed by atoms with E-state index >= 15 is 0 Å². The Morgan fingerprint density at radius 2 is 2.00 bits per heavy atom. The van der Waals surface area contributed by atoms with Crippen LogP contribution in [-0.4, -0.2) is 47.2 Å². The molecule has 1 aliphatic rings. The fourth-order valence-electron chi connectivity index (χ4n) is 2.46. The normalized spacial score (nSPS) is 16.5. The first-order valence-electron chi connectivity index (χ1n) is 8.13. The van der Waals surface area contributed by atoms with E-state index in [1.54, 1.807) is 19.9 Å². The summed E-state index contributed by atoms with van der Waals surface area (Å²) in [6.07, 6.45) is -0.152. The molecule has 0 radical (unpaired) electrons. The highest BCUT2D eigenvalue weighted by Gasteiger charge is 2.43. The Labute approximate surface area is 154 Å². The van der Waals surface area contributed by atoms with Gasteiger partial charge in [0.05, 0.1) is 5.71 Å². The molecule has 1 heterocycles. The van der Waals surface area contributed by atoms with Crippen molar-refractivity contribution in [2.75, 3.05) is 6.54 Å². The molecule has 1 saturated heterocycles. The second kappa shape index (κ2) is 8.11. The number of imide groups is 1. The van der Waals surface area contributed by atoms with Gasteiger partial charge >= 0.3 is 12.6 Å². The first-order chi connectivity index (χ1) is 12.6. The minimum Gasteiger partial charge on any atom is -0.434 e. The Bertz CT molecular complexity index is 780. The molecule has 1 aromatic rings. The van der Waals surface area contributed by atoms with Crippen molar-refractivity contribution in [3.63, 3.8) is 0 Å². The van der Waals surface area contributed by atoms with Crippen molar-refractivity contribution in [3.05, 3.63) is 29.8 Å². The van der Waals surface area contributed by atoms with Gasteiger partial charge in [-0.15, -0.1) is 0 Å². The van der Waals surface area contributed by atoms with E-state index in [1.165, 1.54) is 25.1 Å². The number of para-hydroxylation sites is 1. The molecule has 27 heavy (non-hydrogen) atoms. The number of nitrogens with one attached hydrogen (secondary N) is 2. The lowest BCUT2D eigenvalue weighted by molar-refractivity contribution is -0.130. The predicted octanol–water partition coefficient (Wildman–Crippen LogP) is 1.85. The molecule has 1 aromatic carbocycles. The fraction of sp³-hybridized carbons (Fsp3) is 0.412. The molecule has 0 saturated carbocycles. The molecule has 1 aliphatic heterocycles. The number of hydrogen-bond donors (Lipinski definition) is 2. The molecule has 2 rings (SSSR count). The molecule has 0 atom stereocenters. The van der Waals surface area contributed by atoms with Gasteiger partial charge in [-0.2, -0.15) is 13.9 Å². The highest BCUT2D eigenvalue weighted by atomic mass is 19.3. The maximum absolute atomic E-state index is 12.4. The Morgan fingerprint density at radius 3 is 2.59 bits per heavy atom. The first kappa shape index (κ1) is 20.3. The molecule has 4 amide bonds. The van der Waals surface area contributed by atoms with Crippen LogP contribution < -0.4 is 15.5 Å². The van der Waals surface area contributed by atoms with Crippen molar-refractivity contribution in [1.29, 1.82) is 0 Å². The van der Waals surface area contributed by atoms with Crippen LogP contribution in [0.4, 0.5) is 13.6 Å². The summed E-state index contributed by atoms with van der Waals surface area (Å²) in [7, 11) is 0. The summed E-state index contributed by atoms with van der Waals surface area (Å²) >= 11 is 0. The summed E-state index contributed by atoms with van der Waals surface area (Å²) < 4.78 is 29.3. The van der Waals surface area contributed by atoms with Crippen molar-refractivity contribution in [1.82, 2.24) is 15.6 Å². The summed E-state index contributed by atoms with van der Waals surface area (Å²) in [5.41, 5.74) is 1.83. The summed E-state index contributed by atoms with van der Waals surface area (Å²) in [4.78, 5) is 36.7. The fourth-order valence-corrected chi connectivity index (χ4v) is 2.46. The van der Waals surface area contributed by atoms with Crippen molar-refractivity contribution < 1.29 is 27.9 Å². The second-order valence-corrected chi connectivity index (χ2v) is 6.37. The minimum atomic E-state index is -2.98. The van der Waals surface area contributed by atoms with E-state index in [9.17, 15) is 23.2 Å². The number of urea groups is 1. The van der Waals surface area contributed by atoms with Crippen LogP contribution in [-0.2, 0) is 9.59 Å². The number of hydrazone groups is 1. The van der Waals surface area contributed by atoms with Crippen LogP contribution in [0.25, 0.3) is 0 Å². The number of hydrogen-bond acceptors (Lipinski definition) is 5. The number of ether oxygens (including phenoxy) is 1. The number of halogens is 2. The average Bonchev–Trinajstić information content (AvgIpc) is 2.78. The maximum Gasteiger partial charge on any atom is 0.387 e. The van der Waals surface area contributed by atoms with Crippen LogP contribution in [0.5, 0.6) is 5.75 Å². The van der Waals surface area contributed by atoms with Crippen LogP contribution in [0.2, 0.25) is 0 Å². The zero-order valence-electron chi connectivity index (χ0n) is 15.1. The van der Waals surface area contributed by atoms with Gasteiger partial charge in [0.1, 0.15) is 11.3 Å². The van der Waals surface area contributed by atoms with Gasteiger partial charge in [0.25, 0.3) is 5.91 Å². The third-order valence-electron chi connectivity index (χ3n) is 3.85. The van der Waals surface area contributed by atoms with E-state index in [-0.39, 0.29) is 24.4 Å². The summed E-state index contributed by atoms with van der Waals surface area (Å²) in [6, 6.07) is 5.48. The van der Waals surface area contributed by atoms with Crippen molar-refractivity contribution >= 4 is 23.6 Å². The Balaban J connectivity index is 1.95. The Kier molecular flexibility index (Phi) is 6.09. The van der Waals surface area contributed by atoms with Crippen LogP contribution >= 0.6 is 0 Å². The molecule has 10 heteroatoms. The molecule has 0 spiro atoms. The van der Waals surface area contributed by atoms with Crippen molar-refractivity contribution in [3.8, 4) is 5.75 Å². The third-order valence-corrected chi connectivity index (χ3v) is 3.85. The van der Waals surface area contributed by atoms with Gasteiger partial charge in [-0.05, 0) is 32.9 Å². The number of nitrogens with zero attached hydrogens (tertiary/aromatic N) is 2. The first-order valence-corrected chi connectivity index (χ1v) is 8.13. The van der Waals surface area contributed by atoms with E-state index in [0.717, 1.165) is 4.90 Å². The third kappa shape index (κ3) is 4.99. The van der Waals surface area contributed by atoms with Crippen LogP contribution in [0.15, 0.2) is 29.4 Å². The number of carbonyl (C=O) groups is 3. The molecule has 1 fully saturated rings. The molecule has 2 N–H and O–H groups in total. The zero-order valence-corrected chi connectivity index (χ0v) is 15.1. The maximum atomic E-state index is 12.4. The summed E-state index contributed by atoms with van der Waals surface area (Å²) in [5, 5.41) is 6.38. The number of carbonyl (C=O) groups excluding carboxylic acids is 3. The summed E-state index contributed by atoms with van der Waals surface area (Å²) in [5.74, 6) is -1.02.